The van der Waals surface area contributed by atoms with Crippen LogP contribution in [0, 0.1) is 6.92 Å². The van der Waals surface area contributed by atoms with Crippen molar-refractivity contribution < 1.29 is 27.8 Å². The van der Waals surface area contributed by atoms with Crippen LogP contribution in [0.3, 0.4) is 0 Å². The summed E-state index contributed by atoms with van der Waals surface area (Å²) in [7, 11) is 0. The van der Waals surface area contributed by atoms with E-state index >= 15 is 0 Å². The van der Waals surface area contributed by atoms with Gasteiger partial charge in [-0.15, -0.1) is 0 Å². The average Bonchev–Trinajstić information content (AvgIpc) is 3.13. The van der Waals surface area contributed by atoms with Crippen molar-refractivity contribution in [1.82, 2.24) is 9.78 Å². The smallest absolute Gasteiger partial charge is 0.416 e. The van der Waals surface area contributed by atoms with Gasteiger partial charge in [-0.05, 0) is 44.4 Å². The van der Waals surface area contributed by atoms with E-state index < -0.39 is 40.0 Å². The number of carbonyl (C=O) groups is 1. The minimum Gasteiger partial charge on any atom is -0.503 e. The number of ether oxygens (including phenoxy) is 1. The topological polar surface area (TPSA) is 81.4 Å². The van der Waals surface area contributed by atoms with Crippen LogP contribution in [0.5, 0.6) is 5.75 Å². The van der Waals surface area contributed by atoms with Gasteiger partial charge in [0.2, 0.25) is 5.69 Å². The molecule has 1 N–H and O–H groups in total. The molecule has 0 spiro atoms. The molecule has 1 aromatic carbocycles. The van der Waals surface area contributed by atoms with Crippen molar-refractivity contribution in [1.29, 1.82) is 0 Å². The zero-order chi connectivity index (χ0) is 22.1. The summed E-state index contributed by atoms with van der Waals surface area (Å²) in [6.07, 6.45) is -0.469. The Kier molecular flexibility index (Phi) is 5.92. The van der Waals surface area contributed by atoms with Gasteiger partial charge in [0.05, 0.1) is 24.9 Å². The lowest BCUT2D eigenvalue weighted by Crippen LogP contribution is -2.32. The van der Waals surface area contributed by atoms with Crippen molar-refractivity contribution in [2.24, 2.45) is 0 Å². The number of aromatic hydroxyl groups is 1. The summed E-state index contributed by atoms with van der Waals surface area (Å²) >= 11 is 0. The fourth-order valence-corrected chi connectivity index (χ4v) is 4.09. The first kappa shape index (κ1) is 21.9. The van der Waals surface area contributed by atoms with Gasteiger partial charge >= 0.3 is 12.1 Å². The SMILES string of the molecule is CCOC(=O)c1nn(CC2(c3cc(C)cc(C(F)(F)F)c3)CCCC2)cc(O)c1=O. The van der Waals surface area contributed by atoms with E-state index in [1.54, 1.807) is 19.9 Å². The lowest BCUT2D eigenvalue weighted by atomic mass is 9.77. The van der Waals surface area contributed by atoms with Crippen molar-refractivity contribution >= 4 is 5.97 Å². The van der Waals surface area contributed by atoms with E-state index in [-0.39, 0.29) is 13.2 Å². The second-order valence-corrected chi connectivity index (χ2v) is 7.68. The number of carbonyl (C=O) groups excluding carboxylic acids is 1. The standard InChI is InChI=1S/C21H23F3N2O4/c1-3-30-19(29)17-18(28)16(27)11-26(25-17)12-20(6-4-5-7-20)14-8-13(2)9-15(10-14)21(22,23)24/h8-11,27H,3-7,12H2,1-2H3. The van der Waals surface area contributed by atoms with Gasteiger partial charge in [-0.2, -0.15) is 18.3 Å². The monoisotopic (exact) mass is 424 g/mol. The Morgan fingerprint density at radius 2 is 1.93 bits per heavy atom. The Balaban J connectivity index is 2.06. The molecular weight excluding hydrogens is 401 g/mol. The molecule has 0 aliphatic heterocycles. The van der Waals surface area contributed by atoms with Gasteiger partial charge in [0, 0.05) is 5.41 Å². The fourth-order valence-electron chi connectivity index (χ4n) is 4.09. The second kappa shape index (κ2) is 8.12. The summed E-state index contributed by atoms with van der Waals surface area (Å²) in [4.78, 5) is 24.1. The number of halogens is 3. The molecule has 1 fully saturated rings. The van der Waals surface area contributed by atoms with E-state index in [0.717, 1.165) is 31.2 Å². The molecule has 30 heavy (non-hydrogen) atoms. The third-order valence-electron chi connectivity index (χ3n) is 5.46. The first-order chi connectivity index (χ1) is 14.1. The predicted octanol–water partition coefficient (Wildman–Crippen LogP) is 3.96. The van der Waals surface area contributed by atoms with Crippen LogP contribution in [-0.4, -0.2) is 27.5 Å². The highest BCUT2D eigenvalue weighted by molar-refractivity contribution is 5.87. The molecule has 1 heterocycles. The molecule has 162 valence electrons. The number of aryl methyl sites for hydroxylation is 1. The molecular formula is C21H23F3N2O4. The van der Waals surface area contributed by atoms with Crippen molar-refractivity contribution in [2.75, 3.05) is 6.61 Å². The van der Waals surface area contributed by atoms with Crippen LogP contribution in [0.4, 0.5) is 13.2 Å². The van der Waals surface area contributed by atoms with E-state index in [1.807, 2.05) is 0 Å². The molecule has 3 rings (SSSR count). The highest BCUT2D eigenvalue weighted by Crippen LogP contribution is 2.44. The number of esters is 1. The quantitative estimate of drug-likeness (QED) is 0.735. The van der Waals surface area contributed by atoms with Gasteiger partial charge in [0.1, 0.15) is 0 Å². The number of benzene rings is 1. The average molecular weight is 424 g/mol. The number of aromatic nitrogens is 2. The van der Waals surface area contributed by atoms with Crippen LogP contribution in [0.25, 0.3) is 0 Å². The Labute approximate surface area is 171 Å². The van der Waals surface area contributed by atoms with Crippen LogP contribution < -0.4 is 5.43 Å². The van der Waals surface area contributed by atoms with Gasteiger partial charge in [0.15, 0.2) is 5.75 Å². The van der Waals surface area contributed by atoms with Crippen molar-refractivity contribution in [3.8, 4) is 5.75 Å². The van der Waals surface area contributed by atoms with Crippen LogP contribution in [0.2, 0.25) is 0 Å². The van der Waals surface area contributed by atoms with Gasteiger partial charge in [-0.3, -0.25) is 9.48 Å². The van der Waals surface area contributed by atoms with Crippen LogP contribution in [0.15, 0.2) is 29.2 Å². The van der Waals surface area contributed by atoms with E-state index in [1.165, 1.54) is 4.68 Å². The molecule has 1 aromatic heterocycles. The van der Waals surface area contributed by atoms with Crippen LogP contribution in [-0.2, 0) is 22.9 Å². The normalized spacial score (nSPS) is 15.9. The molecule has 0 unspecified atom stereocenters. The summed E-state index contributed by atoms with van der Waals surface area (Å²) in [6, 6.07) is 4.00. The molecule has 1 aliphatic carbocycles. The number of nitrogens with zero attached hydrogens (tertiary/aromatic N) is 2. The third kappa shape index (κ3) is 4.34. The molecule has 9 heteroatoms. The van der Waals surface area contributed by atoms with Crippen LogP contribution >= 0.6 is 0 Å². The summed E-state index contributed by atoms with van der Waals surface area (Å²) < 4.78 is 46.2. The van der Waals surface area contributed by atoms with Gasteiger partial charge in [-0.25, -0.2) is 4.79 Å². The summed E-state index contributed by atoms with van der Waals surface area (Å²) in [5.74, 6) is -1.62. The summed E-state index contributed by atoms with van der Waals surface area (Å²) in [5.41, 5.74) is -1.84. The number of alkyl halides is 3. The number of rotatable bonds is 5. The van der Waals surface area contributed by atoms with E-state index in [0.29, 0.717) is 24.0 Å². The van der Waals surface area contributed by atoms with Crippen molar-refractivity contribution in [3.05, 3.63) is 57.0 Å². The first-order valence-electron chi connectivity index (χ1n) is 9.73. The molecule has 6 nitrogen and oxygen atoms in total. The van der Waals surface area contributed by atoms with E-state index in [2.05, 4.69) is 5.10 Å². The molecule has 0 radical (unpaired) electrons. The highest BCUT2D eigenvalue weighted by Gasteiger charge is 2.39. The number of hydrogen-bond donors (Lipinski definition) is 1. The lowest BCUT2D eigenvalue weighted by Gasteiger charge is -2.31. The maximum atomic E-state index is 13.4. The van der Waals surface area contributed by atoms with Gasteiger partial charge < -0.3 is 9.84 Å². The molecule has 1 aliphatic rings. The molecule has 1 saturated carbocycles. The van der Waals surface area contributed by atoms with Gasteiger partial charge in [0.25, 0.3) is 5.43 Å². The largest absolute Gasteiger partial charge is 0.503 e. The van der Waals surface area contributed by atoms with E-state index in [4.69, 9.17) is 4.74 Å². The molecule has 0 atom stereocenters. The van der Waals surface area contributed by atoms with Crippen molar-refractivity contribution in [3.63, 3.8) is 0 Å². The van der Waals surface area contributed by atoms with Crippen molar-refractivity contribution in [2.45, 2.75) is 57.7 Å². The molecule has 0 amide bonds. The zero-order valence-corrected chi connectivity index (χ0v) is 16.8. The predicted molar refractivity (Wildman–Crippen MR) is 102 cm³/mol. The Hall–Kier alpha value is -2.84. The Morgan fingerprint density at radius 1 is 1.27 bits per heavy atom. The maximum Gasteiger partial charge on any atom is 0.416 e. The molecule has 2 aromatic rings. The Morgan fingerprint density at radius 3 is 2.53 bits per heavy atom. The summed E-state index contributed by atoms with van der Waals surface area (Å²) in [5, 5.41) is 14.0. The minimum atomic E-state index is -4.47. The maximum absolute atomic E-state index is 13.4. The third-order valence-corrected chi connectivity index (χ3v) is 5.46. The van der Waals surface area contributed by atoms with Gasteiger partial charge in [-0.1, -0.05) is 24.5 Å². The molecule has 0 saturated heterocycles. The lowest BCUT2D eigenvalue weighted by molar-refractivity contribution is -0.137. The second-order valence-electron chi connectivity index (χ2n) is 7.68. The minimum absolute atomic E-state index is 0.0308. The number of hydrogen-bond acceptors (Lipinski definition) is 5. The molecule has 0 bridgehead atoms. The fraction of sp³-hybridized carbons (Fsp3) is 0.476. The van der Waals surface area contributed by atoms with E-state index in [9.17, 15) is 27.9 Å². The Bertz CT molecular complexity index is 1010. The van der Waals surface area contributed by atoms with Crippen LogP contribution in [0.1, 0.15) is 59.8 Å². The first-order valence-corrected chi connectivity index (χ1v) is 9.73. The zero-order valence-electron chi connectivity index (χ0n) is 16.8. The summed E-state index contributed by atoms with van der Waals surface area (Å²) in [6.45, 7) is 3.34. The highest BCUT2D eigenvalue weighted by atomic mass is 19.4.